The Morgan fingerprint density at radius 1 is 1.29 bits per heavy atom. The Hall–Kier alpha value is -1.89. The molecule has 188 valence electrons. The quantitative estimate of drug-likeness (QED) is 0.582. The van der Waals surface area contributed by atoms with Gasteiger partial charge in [-0.25, -0.2) is 13.7 Å². The Labute approximate surface area is 203 Å². The van der Waals surface area contributed by atoms with E-state index in [0.717, 1.165) is 5.56 Å². The van der Waals surface area contributed by atoms with Crippen LogP contribution in [0.2, 0.25) is 0 Å². The van der Waals surface area contributed by atoms with Crippen LogP contribution >= 0.6 is 0 Å². The first-order valence-electron chi connectivity index (χ1n) is 11.7. The van der Waals surface area contributed by atoms with Gasteiger partial charge in [0, 0.05) is 5.41 Å². The number of ether oxygens (including phenoxy) is 2. The van der Waals surface area contributed by atoms with Crippen molar-refractivity contribution in [1.82, 2.24) is 4.72 Å². The smallest absolute Gasteiger partial charge is 0.345 e. The number of fused-ring (bicyclic) bond motifs is 1. The van der Waals surface area contributed by atoms with Crippen molar-refractivity contribution in [2.75, 3.05) is 6.61 Å². The molecule has 3 rings (SSSR count). The summed E-state index contributed by atoms with van der Waals surface area (Å²) in [5.74, 6) is -1.14. The molecule has 0 heterocycles. The molecule has 9 heteroatoms. The summed E-state index contributed by atoms with van der Waals surface area (Å²) in [6.45, 7) is 8.07. The summed E-state index contributed by atoms with van der Waals surface area (Å²) < 4.78 is 52.8. The van der Waals surface area contributed by atoms with Crippen LogP contribution in [-0.2, 0) is 37.2 Å². The van der Waals surface area contributed by atoms with Gasteiger partial charge in [0.05, 0.1) is 40.1 Å². The number of esters is 1. The van der Waals surface area contributed by atoms with E-state index >= 15 is 0 Å². The van der Waals surface area contributed by atoms with Crippen molar-refractivity contribution in [3.05, 3.63) is 34.9 Å². The summed E-state index contributed by atoms with van der Waals surface area (Å²) in [5, 5.41) is 9.56. The second-order valence-electron chi connectivity index (χ2n) is 10.6. The van der Waals surface area contributed by atoms with E-state index in [0.29, 0.717) is 30.4 Å². The molecule has 34 heavy (non-hydrogen) atoms. The van der Waals surface area contributed by atoms with Gasteiger partial charge in [0.25, 0.3) is 0 Å². The first kappa shape index (κ1) is 26.7. The number of carbonyl (C=O) groups is 1. The predicted octanol–water partition coefficient (Wildman–Crippen LogP) is 4.58. The van der Waals surface area contributed by atoms with Gasteiger partial charge in [0.2, 0.25) is 0 Å². The average molecular weight is 497 g/mol. The third-order valence-electron chi connectivity index (χ3n) is 7.16. The lowest BCUT2D eigenvalue weighted by molar-refractivity contribution is -0.210. The zero-order chi connectivity index (χ0) is 25.5. The Balaban J connectivity index is 2.24. The Morgan fingerprint density at radius 3 is 2.41 bits per heavy atom. The van der Waals surface area contributed by atoms with E-state index in [9.17, 15) is 23.0 Å². The van der Waals surface area contributed by atoms with Crippen molar-refractivity contribution in [3.63, 3.8) is 0 Å². The average Bonchev–Trinajstić information content (AvgIpc) is 2.98. The fourth-order valence-electron chi connectivity index (χ4n) is 5.94. The van der Waals surface area contributed by atoms with Gasteiger partial charge in [0.15, 0.2) is 5.54 Å². The Morgan fingerprint density at radius 2 is 1.91 bits per heavy atom. The Bertz CT molecular complexity index is 992. The van der Waals surface area contributed by atoms with Gasteiger partial charge in [-0.2, -0.15) is 14.0 Å². The first-order valence-corrected chi connectivity index (χ1v) is 12.8. The number of nitriles is 1. The maximum Gasteiger partial charge on any atom is 0.345 e. The topological polar surface area (TPSA) is 88.4 Å². The molecule has 2 aliphatic rings. The SMILES string of the molecule is CCOC(=O)[C@]1(NS(=O)C(C)(C)C)c2cc(C#N)ccc2CC12C[C@@H](C)C(OC(F)F)[C@@H](C)C2. The van der Waals surface area contributed by atoms with Crippen LogP contribution in [-0.4, -0.2) is 34.2 Å². The van der Waals surface area contributed by atoms with Crippen LogP contribution in [0, 0.1) is 28.6 Å². The molecule has 2 aliphatic carbocycles. The van der Waals surface area contributed by atoms with Gasteiger partial charge in [-0.15, -0.1) is 0 Å². The molecule has 3 unspecified atom stereocenters. The molecule has 0 aliphatic heterocycles. The highest BCUT2D eigenvalue weighted by molar-refractivity contribution is 7.84. The maximum absolute atomic E-state index is 13.9. The largest absolute Gasteiger partial charge is 0.464 e. The third-order valence-corrected chi connectivity index (χ3v) is 8.76. The summed E-state index contributed by atoms with van der Waals surface area (Å²) in [5.41, 5.74) is -0.476. The monoisotopic (exact) mass is 496 g/mol. The molecule has 1 saturated carbocycles. The maximum atomic E-state index is 13.9. The summed E-state index contributed by atoms with van der Waals surface area (Å²) >= 11 is 0. The number of hydrogen-bond acceptors (Lipinski definition) is 5. The zero-order valence-corrected chi connectivity index (χ0v) is 21.4. The van der Waals surface area contributed by atoms with Gasteiger partial charge >= 0.3 is 12.6 Å². The second kappa shape index (κ2) is 9.63. The van der Waals surface area contributed by atoms with E-state index in [1.54, 1.807) is 19.1 Å². The molecule has 1 N–H and O–H groups in total. The molecule has 1 spiro atoms. The van der Waals surface area contributed by atoms with Crippen molar-refractivity contribution < 1.29 is 27.3 Å². The fraction of sp³-hybridized carbons (Fsp3) is 0.680. The van der Waals surface area contributed by atoms with E-state index in [1.165, 1.54) is 0 Å². The number of nitrogens with one attached hydrogen (secondary N) is 1. The molecule has 0 bridgehead atoms. The van der Waals surface area contributed by atoms with Crippen LogP contribution in [0.25, 0.3) is 0 Å². The van der Waals surface area contributed by atoms with Crippen LogP contribution in [0.5, 0.6) is 0 Å². The predicted molar refractivity (Wildman–Crippen MR) is 125 cm³/mol. The highest BCUT2D eigenvalue weighted by Crippen LogP contribution is 2.61. The summed E-state index contributed by atoms with van der Waals surface area (Å²) in [6.07, 6.45) is 0.575. The number of benzene rings is 1. The molecule has 0 aromatic heterocycles. The minimum atomic E-state index is -2.88. The number of carbonyl (C=O) groups excluding carboxylic acids is 1. The van der Waals surface area contributed by atoms with Gasteiger partial charge < -0.3 is 9.47 Å². The molecule has 0 radical (unpaired) electrons. The highest BCUT2D eigenvalue weighted by Gasteiger charge is 2.66. The molecule has 1 aromatic carbocycles. The number of alkyl halides is 2. The van der Waals surface area contributed by atoms with E-state index in [4.69, 9.17) is 9.47 Å². The lowest BCUT2D eigenvalue weighted by atomic mass is 9.56. The third kappa shape index (κ3) is 4.52. The van der Waals surface area contributed by atoms with Crippen LogP contribution in [0.15, 0.2) is 18.2 Å². The number of rotatable bonds is 6. The van der Waals surface area contributed by atoms with Crippen LogP contribution in [0.1, 0.15) is 71.1 Å². The molecule has 6 atom stereocenters. The summed E-state index contributed by atoms with van der Waals surface area (Å²) in [4.78, 5) is 13.9. The molecular formula is C25H34F2N2O4S. The number of halogens is 2. The minimum Gasteiger partial charge on any atom is -0.464 e. The van der Waals surface area contributed by atoms with Crippen molar-refractivity contribution in [2.24, 2.45) is 17.3 Å². The van der Waals surface area contributed by atoms with Gasteiger partial charge in [-0.3, -0.25) is 0 Å². The van der Waals surface area contributed by atoms with Gasteiger partial charge in [-0.1, -0.05) is 19.9 Å². The zero-order valence-electron chi connectivity index (χ0n) is 20.6. The molecule has 0 saturated heterocycles. The molecule has 0 amide bonds. The van der Waals surface area contributed by atoms with Gasteiger partial charge in [0.1, 0.15) is 0 Å². The summed E-state index contributed by atoms with van der Waals surface area (Å²) in [7, 11) is -1.66. The van der Waals surface area contributed by atoms with E-state index in [1.807, 2.05) is 40.7 Å². The fourth-order valence-corrected chi connectivity index (χ4v) is 6.94. The van der Waals surface area contributed by atoms with Crippen molar-refractivity contribution in [1.29, 1.82) is 5.26 Å². The van der Waals surface area contributed by atoms with Crippen molar-refractivity contribution >= 4 is 17.0 Å². The van der Waals surface area contributed by atoms with E-state index in [-0.39, 0.29) is 18.4 Å². The molecule has 1 fully saturated rings. The number of nitrogens with zero attached hydrogens (tertiary/aromatic N) is 1. The Kier molecular flexibility index (Phi) is 7.57. The summed E-state index contributed by atoms with van der Waals surface area (Å²) in [6, 6.07) is 7.33. The number of hydrogen-bond donors (Lipinski definition) is 1. The lowest BCUT2D eigenvalue weighted by Gasteiger charge is -2.52. The standard InChI is InChI=1S/C25H34F2N2O4S/c1-7-32-21(30)25(29-34(31)23(4,5)6)19-10-17(14-28)8-9-18(19)13-24(25)11-15(2)20(16(3)12-24)33-22(26)27/h8-10,15-16,20,22,29H,7,11-13H2,1-6H3/t15-,16+,20?,24?,25-,34?/m1/s1. The first-order chi connectivity index (χ1) is 15.8. The van der Waals surface area contributed by atoms with E-state index < -0.39 is 45.4 Å². The normalized spacial score (nSPS) is 31.8. The lowest BCUT2D eigenvalue weighted by Crippen LogP contribution is -2.64. The minimum absolute atomic E-state index is 0.121. The van der Waals surface area contributed by atoms with Crippen LogP contribution < -0.4 is 4.72 Å². The van der Waals surface area contributed by atoms with Gasteiger partial charge in [-0.05, 0) is 82.1 Å². The second-order valence-corrected chi connectivity index (χ2v) is 12.6. The van der Waals surface area contributed by atoms with Crippen LogP contribution in [0.3, 0.4) is 0 Å². The van der Waals surface area contributed by atoms with Crippen LogP contribution in [0.4, 0.5) is 8.78 Å². The highest BCUT2D eigenvalue weighted by atomic mass is 32.2. The molecule has 1 aromatic rings. The molecular weight excluding hydrogens is 462 g/mol. The molecule has 6 nitrogen and oxygen atoms in total. The van der Waals surface area contributed by atoms with E-state index in [2.05, 4.69) is 10.8 Å². The van der Waals surface area contributed by atoms with Crippen molar-refractivity contribution in [3.8, 4) is 6.07 Å². The van der Waals surface area contributed by atoms with Crippen molar-refractivity contribution in [2.45, 2.75) is 83.8 Å².